The Morgan fingerprint density at radius 3 is 2.28 bits per heavy atom. The summed E-state index contributed by atoms with van der Waals surface area (Å²) in [6.07, 6.45) is 3.17. The van der Waals surface area contributed by atoms with Crippen LogP contribution < -0.4 is 14.4 Å². The summed E-state index contributed by atoms with van der Waals surface area (Å²) < 4.78 is 11.1. The number of piperidine rings is 1. The highest BCUT2D eigenvalue weighted by Gasteiger charge is 2.42. The molecule has 2 aromatic rings. The highest BCUT2D eigenvalue weighted by molar-refractivity contribution is 6.45. The van der Waals surface area contributed by atoms with E-state index < -0.39 is 0 Å². The standard InChI is InChI=1S/C26H30N2O4/c1-18(2)17-32-21-12-10-19(11-13-21)23-24(27-14-5-4-6-15-27)26(30)28(25(23)29)20-8-7-9-22(16-20)31-3/h7-13,16,18H,4-6,14-15,17H2,1-3H3. The van der Waals surface area contributed by atoms with Gasteiger partial charge < -0.3 is 14.4 Å². The fraction of sp³-hybridized carbons (Fsp3) is 0.385. The van der Waals surface area contributed by atoms with Gasteiger partial charge in [-0.05, 0) is 55.0 Å². The van der Waals surface area contributed by atoms with Crippen LogP contribution in [0.2, 0.25) is 0 Å². The molecule has 2 heterocycles. The highest BCUT2D eigenvalue weighted by atomic mass is 16.5. The molecule has 6 nitrogen and oxygen atoms in total. The average molecular weight is 435 g/mol. The third kappa shape index (κ3) is 4.35. The smallest absolute Gasteiger partial charge is 0.282 e. The first-order chi connectivity index (χ1) is 15.5. The molecule has 0 bridgehead atoms. The summed E-state index contributed by atoms with van der Waals surface area (Å²) in [5.74, 6) is 1.19. The van der Waals surface area contributed by atoms with Gasteiger partial charge in [-0.15, -0.1) is 0 Å². The zero-order valence-corrected chi connectivity index (χ0v) is 19.0. The Labute approximate surface area is 189 Å². The minimum Gasteiger partial charge on any atom is -0.497 e. The number of benzene rings is 2. The van der Waals surface area contributed by atoms with Crippen LogP contribution in [0.15, 0.2) is 54.2 Å². The van der Waals surface area contributed by atoms with Crippen molar-refractivity contribution in [2.75, 3.05) is 31.7 Å². The number of methoxy groups -OCH3 is 1. The molecule has 168 valence electrons. The number of imide groups is 1. The van der Waals surface area contributed by atoms with Crippen LogP contribution in [0, 0.1) is 5.92 Å². The second kappa shape index (κ2) is 9.47. The molecule has 0 N–H and O–H groups in total. The monoisotopic (exact) mass is 434 g/mol. The van der Waals surface area contributed by atoms with E-state index in [-0.39, 0.29) is 11.8 Å². The minimum atomic E-state index is -0.306. The quantitative estimate of drug-likeness (QED) is 0.601. The van der Waals surface area contributed by atoms with Gasteiger partial charge in [-0.2, -0.15) is 0 Å². The Balaban J connectivity index is 1.72. The minimum absolute atomic E-state index is 0.278. The normalized spacial score (nSPS) is 16.9. The van der Waals surface area contributed by atoms with E-state index in [0.29, 0.717) is 35.2 Å². The summed E-state index contributed by atoms with van der Waals surface area (Å²) in [5.41, 5.74) is 2.19. The molecule has 0 radical (unpaired) electrons. The van der Waals surface area contributed by atoms with Crippen LogP contribution in [-0.2, 0) is 9.59 Å². The molecular formula is C26H30N2O4. The molecule has 0 aromatic heterocycles. The Morgan fingerprint density at radius 1 is 0.906 bits per heavy atom. The number of carbonyl (C=O) groups excluding carboxylic acids is 2. The van der Waals surface area contributed by atoms with Gasteiger partial charge >= 0.3 is 0 Å². The number of amides is 2. The number of anilines is 1. The van der Waals surface area contributed by atoms with Gasteiger partial charge in [0.15, 0.2) is 0 Å². The topological polar surface area (TPSA) is 59.1 Å². The summed E-state index contributed by atoms with van der Waals surface area (Å²) in [6, 6.07) is 14.5. The SMILES string of the molecule is COc1cccc(N2C(=O)C(c3ccc(OCC(C)C)cc3)=C(N3CCCCC3)C2=O)c1. The summed E-state index contributed by atoms with van der Waals surface area (Å²) >= 11 is 0. The van der Waals surface area contributed by atoms with Crippen LogP contribution in [0.5, 0.6) is 11.5 Å². The first-order valence-electron chi connectivity index (χ1n) is 11.2. The fourth-order valence-electron chi connectivity index (χ4n) is 4.15. The number of carbonyl (C=O) groups is 2. The van der Waals surface area contributed by atoms with E-state index in [9.17, 15) is 9.59 Å². The second-order valence-corrected chi connectivity index (χ2v) is 8.65. The van der Waals surface area contributed by atoms with E-state index in [0.717, 1.165) is 43.7 Å². The predicted molar refractivity (Wildman–Crippen MR) is 125 cm³/mol. The second-order valence-electron chi connectivity index (χ2n) is 8.65. The first kappa shape index (κ1) is 21.9. The van der Waals surface area contributed by atoms with Crippen LogP contribution in [0.3, 0.4) is 0 Å². The number of hydrogen-bond acceptors (Lipinski definition) is 5. The van der Waals surface area contributed by atoms with Crippen molar-refractivity contribution in [1.82, 2.24) is 4.90 Å². The van der Waals surface area contributed by atoms with Crippen molar-refractivity contribution in [2.45, 2.75) is 33.1 Å². The molecule has 0 atom stereocenters. The molecule has 2 aromatic carbocycles. The Kier molecular flexibility index (Phi) is 6.49. The largest absolute Gasteiger partial charge is 0.497 e. The summed E-state index contributed by atoms with van der Waals surface area (Å²) in [6.45, 7) is 6.38. The number of nitrogens with zero attached hydrogens (tertiary/aromatic N) is 2. The molecule has 4 rings (SSSR count). The van der Waals surface area contributed by atoms with Crippen molar-refractivity contribution in [3.63, 3.8) is 0 Å². The number of ether oxygens (including phenoxy) is 2. The summed E-state index contributed by atoms with van der Waals surface area (Å²) in [7, 11) is 1.57. The molecule has 0 saturated carbocycles. The third-order valence-corrected chi connectivity index (χ3v) is 5.77. The maximum absolute atomic E-state index is 13.6. The third-order valence-electron chi connectivity index (χ3n) is 5.77. The van der Waals surface area contributed by atoms with E-state index in [2.05, 4.69) is 18.7 Å². The van der Waals surface area contributed by atoms with E-state index in [1.165, 1.54) is 4.90 Å². The molecule has 2 amide bonds. The van der Waals surface area contributed by atoms with Gasteiger partial charge in [0.1, 0.15) is 17.2 Å². The van der Waals surface area contributed by atoms with Crippen molar-refractivity contribution >= 4 is 23.1 Å². The van der Waals surface area contributed by atoms with Crippen molar-refractivity contribution in [3.8, 4) is 11.5 Å². The fourth-order valence-corrected chi connectivity index (χ4v) is 4.15. The van der Waals surface area contributed by atoms with Crippen molar-refractivity contribution < 1.29 is 19.1 Å². The lowest BCUT2D eigenvalue weighted by molar-refractivity contribution is -0.120. The Bertz CT molecular complexity index is 1020. The molecule has 1 saturated heterocycles. The maximum Gasteiger partial charge on any atom is 0.282 e. The summed E-state index contributed by atoms with van der Waals surface area (Å²) in [4.78, 5) is 30.5. The molecule has 2 aliphatic rings. The maximum atomic E-state index is 13.6. The number of hydrogen-bond donors (Lipinski definition) is 0. The van der Waals surface area contributed by atoms with Gasteiger partial charge in [0.2, 0.25) is 0 Å². The van der Waals surface area contributed by atoms with Crippen LogP contribution in [0.4, 0.5) is 5.69 Å². The zero-order valence-electron chi connectivity index (χ0n) is 19.0. The molecule has 2 aliphatic heterocycles. The van der Waals surface area contributed by atoms with Crippen molar-refractivity contribution in [1.29, 1.82) is 0 Å². The molecule has 1 fully saturated rings. The molecule has 0 aliphatic carbocycles. The van der Waals surface area contributed by atoms with Gasteiger partial charge in [0.25, 0.3) is 11.8 Å². The molecule has 6 heteroatoms. The lowest BCUT2D eigenvalue weighted by Gasteiger charge is -2.29. The van der Waals surface area contributed by atoms with Crippen molar-refractivity contribution in [2.24, 2.45) is 5.92 Å². The first-order valence-corrected chi connectivity index (χ1v) is 11.2. The van der Waals surface area contributed by atoms with Gasteiger partial charge in [0, 0.05) is 19.2 Å². The van der Waals surface area contributed by atoms with Crippen LogP contribution in [0.1, 0.15) is 38.7 Å². The lowest BCUT2D eigenvalue weighted by Crippen LogP contribution is -2.37. The number of likely N-dealkylation sites (tertiary alicyclic amines) is 1. The Hall–Kier alpha value is -3.28. The van der Waals surface area contributed by atoms with Crippen molar-refractivity contribution in [3.05, 3.63) is 59.8 Å². The van der Waals surface area contributed by atoms with Gasteiger partial charge in [0.05, 0.1) is 25.0 Å². The zero-order chi connectivity index (χ0) is 22.7. The van der Waals surface area contributed by atoms with Crippen LogP contribution in [-0.4, -0.2) is 43.5 Å². The summed E-state index contributed by atoms with van der Waals surface area (Å²) in [5, 5.41) is 0. The van der Waals surface area contributed by atoms with Gasteiger partial charge in [-0.3, -0.25) is 9.59 Å². The van der Waals surface area contributed by atoms with E-state index in [4.69, 9.17) is 9.47 Å². The van der Waals surface area contributed by atoms with Crippen LogP contribution in [0.25, 0.3) is 5.57 Å². The van der Waals surface area contributed by atoms with Crippen LogP contribution >= 0.6 is 0 Å². The predicted octanol–water partition coefficient (Wildman–Crippen LogP) is 4.50. The number of rotatable bonds is 7. The molecule has 0 spiro atoms. The average Bonchev–Trinajstić information content (AvgIpc) is 3.08. The highest BCUT2D eigenvalue weighted by Crippen LogP contribution is 2.37. The molecular weight excluding hydrogens is 404 g/mol. The van der Waals surface area contributed by atoms with E-state index >= 15 is 0 Å². The molecule has 0 unspecified atom stereocenters. The van der Waals surface area contributed by atoms with E-state index in [1.807, 2.05) is 24.3 Å². The molecule has 32 heavy (non-hydrogen) atoms. The van der Waals surface area contributed by atoms with Gasteiger partial charge in [-0.1, -0.05) is 32.0 Å². The van der Waals surface area contributed by atoms with E-state index in [1.54, 1.807) is 31.4 Å². The lowest BCUT2D eigenvalue weighted by atomic mass is 10.0. The Morgan fingerprint density at radius 2 is 1.62 bits per heavy atom. The van der Waals surface area contributed by atoms with Gasteiger partial charge in [-0.25, -0.2) is 4.90 Å².